The predicted molar refractivity (Wildman–Crippen MR) is 172 cm³/mol. The van der Waals surface area contributed by atoms with Crippen molar-refractivity contribution in [2.24, 2.45) is 11.7 Å². The van der Waals surface area contributed by atoms with E-state index in [9.17, 15) is 34.5 Å². The van der Waals surface area contributed by atoms with Gasteiger partial charge in [-0.05, 0) is 59.4 Å². The quantitative estimate of drug-likeness (QED) is 0.103. The number of hydrogen-bond acceptors (Lipinski definition) is 7. The molecule has 0 radical (unpaired) electrons. The highest BCUT2D eigenvalue weighted by Gasteiger charge is 2.32. The molecule has 3 aromatic carbocycles. The minimum absolute atomic E-state index is 0.0233. The molecule has 0 bridgehead atoms. The molecule has 12 nitrogen and oxygen atoms in total. The van der Waals surface area contributed by atoms with Gasteiger partial charge in [0.05, 0.1) is 6.04 Å². The number of carbonyl (C=O) groups excluding carboxylic acids is 3. The highest BCUT2D eigenvalue weighted by molar-refractivity contribution is 5.94. The van der Waals surface area contributed by atoms with Crippen molar-refractivity contribution in [1.82, 2.24) is 20.9 Å². The molecular weight excluding hydrogens is 590 g/mol. The number of fused-ring (bicyclic) bond motifs is 1. The van der Waals surface area contributed by atoms with Gasteiger partial charge in [-0.3, -0.25) is 14.4 Å². The monoisotopic (exact) mass is 629 g/mol. The number of aromatic amines is 1. The van der Waals surface area contributed by atoms with E-state index in [0.717, 1.165) is 16.5 Å². The number of benzene rings is 3. The molecule has 4 atom stereocenters. The van der Waals surface area contributed by atoms with Gasteiger partial charge < -0.3 is 42.0 Å². The Balaban J connectivity index is 1.49. The number of hydrogen-bond donors (Lipinski definition) is 8. The van der Waals surface area contributed by atoms with Crippen molar-refractivity contribution in [2.45, 2.75) is 57.3 Å². The van der Waals surface area contributed by atoms with Gasteiger partial charge >= 0.3 is 5.97 Å². The Morgan fingerprint density at radius 1 is 0.717 bits per heavy atom. The van der Waals surface area contributed by atoms with Crippen LogP contribution in [0, 0.1) is 5.92 Å². The number of H-pyrrole nitrogens is 1. The van der Waals surface area contributed by atoms with Gasteiger partial charge in [0.1, 0.15) is 29.6 Å². The van der Waals surface area contributed by atoms with Crippen molar-refractivity contribution >= 4 is 34.6 Å². The first kappa shape index (κ1) is 33.5. The maximum Gasteiger partial charge on any atom is 0.326 e. The molecule has 1 aromatic heterocycles. The van der Waals surface area contributed by atoms with Crippen LogP contribution in [0.4, 0.5) is 0 Å². The Morgan fingerprint density at radius 2 is 1.26 bits per heavy atom. The molecule has 0 fully saturated rings. The number of carboxylic acid groups (broad SMARTS) is 1. The predicted octanol–water partition coefficient (Wildman–Crippen LogP) is 2.13. The van der Waals surface area contributed by atoms with Crippen LogP contribution in [0.5, 0.6) is 11.5 Å². The normalized spacial score (nSPS) is 13.8. The van der Waals surface area contributed by atoms with E-state index in [1.54, 1.807) is 44.3 Å². The van der Waals surface area contributed by atoms with Crippen molar-refractivity contribution in [3.8, 4) is 11.5 Å². The molecule has 0 saturated carbocycles. The first-order valence-electron chi connectivity index (χ1n) is 14.9. The van der Waals surface area contributed by atoms with E-state index in [0.29, 0.717) is 11.1 Å². The summed E-state index contributed by atoms with van der Waals surface area (Å²) >= 11 is 0. The lowest BCUT2D eigenvalue weighted by Crippen LogP contribution is -2.59. The largest absolute Gasteiger partial charge is 0.508 e. The summed E-state index contributed by atoms with van der Waals surface area (Å²) in [4.78, 5) is 55.5. The number of nitrogens with two attached hydrogens (primary N) is 1. The zero-order valence-corrected chi connectivity index (χ0v) is 25.6. The minimum atomic E-state index is -1.30. The third kappa shape index (κ3) is 8.85. The summed E-state index contributed by atoms with van der Waals surface area (Å²) in [5.74, 6) is -3.60. The number of amides is 3. The Labute approximate surface area is 266 Å². The molecule has 0 aliphatic heterocycles. The van der Waals surface area contributed by atoms with Crippen LogP contribution in [0.25, 0.3) is 10.9 Å². The van der Waals surface area contributed by atoms with Crippen molar-refractivity contribution in [2.75, 3.05) is 0 Å². The molecule has 46 heavy (non-hydrogen) atoms. The van der Waals surface area contributed by atoms with Gasteiger partial charge in [-0.2, -0.15) is 0 Å². The number of para-hydroxylation sites is 1. The lowest BCUT2D eigenvalue weighted by Gasteiger charge is -2.27. The first-order chi connectivity index (χ1) is 21.9. The average molecular weight is 630 g/mol. The molecule has 12 heteroatoms. The summed E-state index contributed by atoms with van der Waals surface area (Å²) in [5.41, 5.74) is 9.25. The number of aromatic nitrogens is 1. The van der Waals surface area contributed by atoms with E-state index < -0.39 is 53.8 Å². The number of phenolic OH excluding ortho intramolecular Hbond substituents is 2. The molecule has 9 N–H and O–H groups in total. The van der Waals surface area contributed by atoms with E-state index in [-0.39, 0.29) is 30.8 Å². The van der Waals surface area contributed by atoms with Gasteiger partial charge in [0.2, 0.25) is 17.7 Å². The van der Waals surface area contributed by atoms with E-state index in [1.807, 2.05) is 24.3 Å². The second kappa shape index (κ2) is 15.1. The van der Waals surface area contributed by atoms with Crippen LogP contribution >= 0.6 is 0 Å². The Morgan fingerprint density at radius 3 is 1.83 bits per heavy atom. The number of nitrogens with one attached hydrogen (secondary N) is 4. The smallest absolute Gasteiger partial charge is 0.326 e. The Hall–Kier alpha value is -5.36. The van der Waals surface area contributed by atoms with E-state index in [4.69, 9.17) is 5.73 Å². The summed E-state index contributed by atoms with van der Waals surface area (Å²) in [6.07, 6.45) is 1.98. The molecule has 4 unspecified atom stereocenters. The summed E-state index contributed by atoms with van der Waals surface area (Å²) in [7, 11) is 0. The maximum atomic E-state index is 13.7. The van der Waals surface area contributed by atoms with Gasteiger partial charge in [0, 0.05) is 29.9 Å². The van der Waals surface area contributed by atoms with Gasteiger partial charge in [-0.15, -0.1) is 0 Å². The summed E-state index contributed by atoms with van der Waals surface area (Å²) in [6.45, 7) is 3.40. The van der Waals surface area contributed by atoms with Gasteiger partial charge in [0.25, 0.3) is 0 Å². The highest BCUT2D eigenvalue weighted by atomic mass is 16.4. The van der Waals surface area contributed by atoms with Crippen LogP contribution in [0.15, 0.2) is 79.0 Å². The van der Waals surface area contributed by atoms with Gasteiger partial charge in [-0.1, -0.05) is 56.3 Å². The molecule has 4 rings (SSSR count). The van der Waals surface area contributed by atoms with Crippen molar-refractivity contribution in [3.63, 3.8) is 0 Å². The maximum absolute atomic E-state index is 13.7. The third-order valence-corrected chi connectivity index (χ3v) is 7.70. The van der Waals surface area contributed by atoms with E-state index in [2.05, 4.69) is 20.9 Å². The lowest BCUT2D eigenvalue weighted by molar-refractivity contribution is -0.142. The Bertz CT molecular complexity index is 1670. The number of aromatic hydroxyl groups is 2. The van der Waals surface area contributed by atoms with Crippen LogP contribution in [0.1, 0.15) is 30.5 Å². The van der Waals surface area contributed by atoms with E-state index in [1.165, 1.54) is 24.3 Å². The molecule has 0 saturated heterocycles. The number of rotatable bonds is 14. The fourth-order valence-corrected chi connectivity index (χ4v) is 5.10. The van der Waals surface area contributed by atoms with Crippen LogP contribution < -0.4 is 21.7 Å². The fraction of sp³-hybridized carbons (Fsp3) is 0.294. The molecule has 242 valence electrons. The summed E-state index contributed by atoms with van der Waals surface area (Å²) < 4.78 is 0. The van der Waals surface area contributed by atoms with Crippen LogP contribution in [-0.2, 0) is 38.4 Å². The lowest BCUT2D eigenvalue weighted by atomic mass is 9.99. The van der Waals surface area contributed by atoms with E-state index >= 15 is 0 Å². The van der Waals surface area contributed by atoms with Crippen LogP contribution in [0.3, 0.4) is 0 Å². The molecule has 3 amide bonds. The average Bonchev–Trinajstić information content (AvgIpc) is 3.43. The summed E-state index contributed by atoms with van der Waals surface area (Å²) in [5, 5.41) is 37.9. The Kier molecular flexibility index (Phi) is 11.0. The highest BCUT2D eigenvalue weighted by Crippen LogP contribution is 2.19. The standard InChI is InChI=1S/C34H39N5O7/c1-19(2)30(33(44)38-29(34(45)46)16-21-9-13-24(41)14-10-21)39-32(43)28(15-20-7-11-23(40)12-8-20)37-31(42)26(35)17-22-18-36-27-6-4-3-5-25(22)27/h3-14,18-19,26,28-30,36,40-41H,15-17,35H2,1-2H3,(H,37,42)(H,38,44)(H,39,43)(H,45,46). The molecule has 0 aliphatic carbocycles. The van der Waals surface area contributed by atoms with Crippen LogP contribution in [-0.4, -0.2) is 68.2 Å². The molecule has 0 aliphatic rings. The zero-order valence-electron chi connectivity index (χ0n) is 25.6. The minimum Gasteiger partial charge on any atom is -0.508 e. The number of phenols is 2. The number of carbonyl (C=O) groups is 4. The SMILES string of the molecule is CC(C)C(NC(=O)C(Cc1ccc(O)cc1)NC(=O)C(N)Cc1c[nH]c2ccccc12)C(=O)NC(Cc1ccc(O)cc1)C(=O)O. The van der Waals surface area contributed by atoms with Crippen LogP contribution in [0.2, 0.25) is 0 Å². The van der Waals surface area contributed by atoms with Gasteiger partial charge in [-0.25, -0.2) is 4.79 Å². The first-order valence-corrected chi connectivity index (χ1v) is 14.9. The van der Waals surface area contributed by atoms with Gasteiger partial charge in [0.15, 0.2) is 0 Å². The molecule has 4 aromatic rings. The number of aliphatic carboxylic acids is 1. The molecule has 1 heterocycles. The molecular formula is C34H39N5O7. The number of carboxylic acids is 1. The topological polar surface area (TPSA) is 207 Å². The van der Waals surface area contributed by atoms with Crippen molar-refractivity contribution < 1.29 is 34.5 Å². The zero-order chi connectivity index (χ0) is 33.4. The molecule has 0 spiro atoms. The summed E-state index contributed by atoms with van der Waals surface area (Å²) in [6, 6.07) is 15.1. The fourth-order valence-electron chi connectivity index (χ4n) is 5.10. The third-order valence-electron chi connectivity index (χ3n) is 7.70. The second-order valence-electron chi connectivity index (χ2n) is 11.6. The van der Waals surface area contributed by atoms with Crippen molar-refractivity contribution in [3.05, 3.63) is 95.7 Å². The van der Waals surface area contributed by atoms with Crippen molar-refractivity contribution in [1.29, 1.82) is 0 Å². The second-order valence-corrected chi connectivity index (χ2v) is 11.6.